The molecule has 1 unspecified atom stereocenters. The van der Waals surface area contributed by atoms with Crippen molar-refractivity contribution in [1.29, 1.82) is 5.26 Å². The molecule has 1 atom stereocenters. The fourth-order valence-corrected chi connectivity index (χ4v) is 3.42. The summed E-state index contributed by atoms with van der Waals surface area (Å²) in [5.41, 5.74) is -0.167. The Labute approximate surface area is 155 Å². The van der Waals surface area contributed by atoms with Crippen LogP contribution < -0.4 is 26.0 Å². The van der Waals surface area contributed by atoms with E-state index in [4.69, 9.17) is 9.47 Å². The number of fused-ring (bicyclic) bond motifs is 1. The number of rotatable bonds is 4. The van der Waals surface area contributed by atoms with Gasteiger partial charge < -0.3 is 14.8 Å². The number of nitrogens with zero attached hydrogens (tertiary/aromatic N) is 3. The largest absolute Gasteiger partial charge is 0.486 e. The maximum Gasteiger partial charge on any atom is 0.332 e. The van der Waals surface area contributed by atoms with Crippen molar-refractivity contribution in [1.82, 2.24) is 9.13 Å². The second-order valence-electron chi connectivity index (χ2n) is 6.90. The van der Waals surface area contributed by atoms with Crippen LogP contribution in [0.25, 0.3) is 0 Å². The zero-order valence-electron chi connectivity index (χ0n) is 15.2. The predicted molar refractivity (Wildman–Crippen MR) is 98.2 cm³/mol. The summed E-state index contributed by atoms with van der Waals surface area (Å²) in [6, 6.07) is 7.55. The van der Waals surface area contributed by atoms with Crippen LogP contribution in [0.2, 0.25) is 0 Å². The Morgan fingerprint density at radius 3 is 2.52 bits per heavy atom. The third-order valence-electron chi connectivity index (χ3n) is 5.09. The fraction of sp³-hybridized carbons (Fsp3) is 0.421. The molecule has 140 valence electrons. The van der Waals surface area contributed by atoms with Gasteiger partial charge in [-0.2, -0.15) is 5.26 Å². The van der Waals surface area contributed by atoms with E-state index in [-0.39, 0.29) is 17.4 Å². The molecule has 8 heteroatoms. The summed E-state index contributed by atoms with van der Waals surface area (Å²) < 4.78 is 13.5. The minimum atomic E-state index is -0.597. The number of nitriles is 1. The zero-order valence-corrected chi connectivity index (χ0v) is 15.2. The highest BCUT2D eigenvalue weighted by Gasteiger charge is 2.34. The van der Waals surface area contributed by atoms with Gasteiger partial charge in [-0.15, -0.1) is 0 Å². The van der Waals surface area contributed by atoms with Gasteiger partial charge in [0.05, 0.1) is 6.04 Å². The molecule has 4 rings (SSSR count). The lowest BCUT2D eigenvalue weighted by molar-refractivity contribution is 0.171. The van der Waals surface area contributed by atoms with E-state index in [1.807, 2.05) is 24.3 Å². The summed E-state index contributed by atoms with van der Waals surface area (Å²) in [5, 5.41) is 12.8. The summed E-state index contributed by atoms with van der Waals surface area (Å²) in [6.45, 7) is 1.03. The van der Waals surface area contributed by atoms with Crippen molar-refractivity contribution < 1.29 is 9.47 Å². The molecule has 0 bridgehead atoms. The zero-order chi connectivity index (χ0) is 19.1. The highest BCUT2D eigenvalue weighted by molar-refractivity contribution is 5.54. The highest BCUT2D eigenvalue weighted by atomic mass is 16.6. The van der Waals surface area contributed by atoms with Gasteiger partial charge in [0.25, 0.3) is 5.56 Å². The Bertz CT molecular complexity index is 1060. The molecule has 1 aliphatic heterocycles. The first kappa shape index (κ1) is 17.2. The van der Waals surface area contributed by atoms with E-state index in [0.717, 1.165) is 23.0 Å². The van der Waals surface area contributed by atoms with Crippen LogP contribution in [0.3, 0.4) is 0 Å². The van der Waals surface area contributed by atoms with E-state index in [1.165, 1.54) is 11.6 Å². The van der Waals surface area contributed by atoms with E-state index in [2.05, 4.69) is 5.32 Å². The second kappa shape index (κ2) is 6.50. The number of nitrogens with one attached hydrogen (secondary N) is 1. The smallest absolute Gasteiger partial charge is 0.332 e. The Morgan fingerprint density at radius 2 is 1.85 bits per heavy atom. The first-order chi connectivity index (χ1) is 13.0. The molecule has 2 heterocycles. The van der Waals surface area contributed by atoms with Crippen LogP contribution in [0.4, 0.5) is 5.82 Å². The summed E-state index contributed by atoms with van der Waals surface area (Å²) in [4.78, 5) is 24.7. The first-order valence-electron chi connectivity index (χ1n) is 8.87. The lowest BCUT2D eigenvalue weighted by atomic mass is 10.0. The molecule has 1 saturated carbocycles. The molecule has 1 aromatic carbocycles. The maximum absolute atomic E-state index is 12.3. The molecule has 0 radical (unpaired) electrons. The van der Waals surface area contributed by atoms with Crippen molar-refractivity contribution in [3.8, 4) is 17.6 Å². The van der Waals surface area contributed by atoms with Crippen molar-refractivity contribution in [2.45, 2.75) is 18.9 Å². The summed E-state index contributed by atoms with van der Waals surface area (Å²) in [6.07, 6.45) is 2.07. The summed E-state index contributed by atoms with van der Waals surface area (Å²) in [5.74, 6) is 2.00. The van der Waals surface area contributed by atoms with Crippen molar-refractivity contribution >= 4 is 5.82 Å². The van der Waals surface area contributed by atoms with Gasteiger partial charge in [0.1, 0.15) is 25.1 Å². The predicted octanol–water partition coefficient (Wildman–Crippen LogP) is 1.29. The van der Waals surface area contributed by atoms with Crippen LogP contribution in [0, 0.1) is 17.2 Å². The van der Waals surface area contributed by atoms with Crippen molar-refractivity contribution in [3.63, 3.8) is 0 Å². The molecule has 2 aromatic rings. The maximum atomic E-state index is 12.3. The van der Waals surface area contributed by atoms with Gasteiger partial charge in [-0.1, -0.05) is 6.07 Å². The Balaban J connectivity index is 1.77. The normalized spacial score (nSPS) is 16.5. The van der Waals surface area contributed by atoms with E-state index in [0.29, 0.717) is 30.6 Å². The van der Waals surface area contributed by atoms with Crippen molar-refractivity contribution in [3.05, 3.63) is 50.2 Å². The Kier molecular flexibility index (Phi) is 4.15. The molecule has 0 spiro atoms. The molecule has 1 aromatic heterocycles. The van der Waals surface area contributed by atoms with Gasteiger partial charge in [0.15, 0.2) is 17.1 Å². The SMILES string of the molecule is Cn1c(NC(c2ccc3c(c2)OCCO3)C2CC2)c(C#N)c(=O)n(C)c1=O. The number of anilines is 1. The van der Waals surface area contributed by atoms with Crippen LogP contribution in [0.15, 0.2) is 27.8 Å². The topological polar surface area (TPSA) is 98.3 Å². The van der Waals surface area contributed by atoms with Crippen LogP contribution in [-0.4, -0.2) is 22.3 Å². The van der Waals surface area contributed by atoms with Gasteiger partial charge in [-0.25, -0.2) is 4.79 Å². The highest BCUT2D eigenvalue weighted by Crippen LogP contribution is 2.45. The summed E-state index contributed by atoms with van der Waals surface area (Å²) >= 11 is 0. The molecule has 8 nitrogen and oxygen atoms in total. The molecule has 1 aliphatic carbocycles. The quantitative estimate of drug-likeness (QED) is 0.873. The standard InChI is InChI=1S/C19H20N4O4/c1-22-17(13(10-20)18(24)23(2)19(22)25)21-16(11-3-4-11)12-5-6-14-15(9-12)27-8-7-26-14/h5-6,9,11,16,21H,3-4,7-8H2,1-2H3. The summed E-state index contributed by atoms with van der Waals surface area (Å²) in [7, 11) is 2.92. The molecule has 2 aliphatic rings. The second-order valence-corrected chi connectivity index (χ2v) is 6.90. The number of hydrogen-bond acceptors (Lipinski definition) is 6. The van der Waals surface area contributed by atoms with Crippen molar-refractivity contribution in [2.75, 3.05) is 18.5 Å². The van der Waals surface area contributed by atoms with Gasteiger partial charge in [0, 0.05) is 14.1 Å². The molecular weight excluding hydrogens is 348 g/mol. The fourth-order valence-electron chi connectivity index (χ4n) is 3.42. The van der Waals surface area contributed by atoms with Gasteiger partial charge in [0.2, 0.25) is 0 Å². The minimum absolute atomic E-state index is 0.0669. The Hall–Kier alpha value is -3.21. The first-order valence-corrected chi connectivity index (χ1v) is 8.87. The minimum Gasteiger partial charge on any atom is -0.486 e. The van der Waals surface area contributed by atoms with Crippen LogP contribution in [0.1, 0.15) is 30.0 Å². The van der Waals surface area contributed by atoms with Crippen LogP contribution in [0.5, 0.6) is 11.5 Å². The molecule has 27 heavy (non-hydrogen) atoms. The van der Waals surface area contributed by atoms with E-state index >= 15 is 0 Å². The lowest BCUT2D eigenvalue weighted by Crippen LogP contribution is -2.40. The third-order valence-corrected chi connectivity index (χ3v) is 5.09. The molecule has 1 fully saturated rings. The van der Waals surface area contributed by atoms with Gasteiger partial charge in [-0.05, 0) is 36.5 Å². The molecule has 0 amide bonds. The third kappa shape index (κ3) is 2.95. The number of ether oxygens (including phenoxy) is 2. The van der Waals surface area contributed by atoms with E-state index in [1.54, 1.807) is 7.05 Å². The van der Waals surface area contributed by atoms with Crippen LogP contribution >= 0.6 is 0 Å². The number of benzene rings is 1. The number of hydrogen-bond donors (Lipinski definition) is 1. The van der Waals surface area contributed by atoms with Crippen LogP contribution in [-0.2, 0) is 14.1 Å². The van der Waals surface area contributed by atoms with E-state index in [9.17, 15) is 14.9 Å². The molecule has 1 N–H and O–H groups in total. The molecular formula is C19H20N4O4. The van der Waals surface area contributed by atoms with Crippen molar-refractivity contribution in [2.24, 2.45) is 20.0 Å². The monoisotopic (exact) mass is 368 g/mol. The van der Waals surface area contributed by atoms with Gasteiger partial charge in [-0.3, -0.25) is 13.9 Å². The lowest BCUT2D eigenvalue weighted by Gasteiger charge is -2.25. The Morgan fingerprint density at radius 1 is 1.15 bits per heavy atom. The average molecular weight is 368 g/mol. The number of aromatic nitrogens is 2. The van der Waals surface area contributed by atoms with E-state index < -0.39 is 11.2 Å². The van der Waals surface area contributed by atoms with Gasteiger partial charge >= 0.3 is 5.69 Å². The molecule has 0 saturated heterocycles. The average Bonchev–Trinajstić information content (AvgIpc) is 3.53.